The number of nitrogens with zero attached hydrogens (tertiary/aromatic N) is 1. The molecule has 0 aromatic carbocycles. The summed E-state index contributed by atoms with van der Waals surface area (Å²) in [7, 11) is 0. The molecule has 0 unspecified atom stereocenters. The molecular formula is C15H28N4O3. The number of rotatable bonds is 7. The largest absolute Gasteiger partial charge is 0.463 e. The molecule has 0 heterocycles. The maximum atomic E-state index is 12.0. The lowest BCUT2D eigenvalue weighted by atomic mass is 9.88. The van der Waals surface area contributed by atoms with Crippen LogP contribution in [-0.4, -0.2) is 42.8 Å². The van der Waals surface area contributed by atoms with Crippen molar-refractivity contribution in [3.05, 3.63) is 11.6 Å². The first kappa shape index (κ1) is 18.4. The summed E-state index contributed by atoms with van der Waals surface area (Å²) in [6.07, 6.45) is 3.50. The molecule has 6 N–H and O–H groups in total. The molecule has 0 spiro atoms. The topological polar surface area (TPSA) is 126 Å². The summed E-state index contributed by atoms with van der Waals surface area (Å²) in [4.78, 5) is 16.1. The van der Waals surface area contributed by atoms with Crippen molar-refractivity contribution in [1.29, 1.82) is 0 Å². The van der Waals surface area contributed by atoms with E-state index in [4.69, 9.17) is 26.7 Å². The Bertz CT molecular complexity index is 429. The Morgan fingerprint density at radius 2 is 2.00 bits per heavy atom. The Kier molecular flexibility index (Phi) is 7.34. The lowest BCUT2D eigenvalue weighted by Gasteiger charge is -2.34. The van der Waals surface area contributed by atoms with Crippen LogP contribution < -0.4 is 17.2 Å². The first-order valence-corrected chi connectivity index (χ1v) is 7.80. The molecule has 0 bridgehead atoms. The minimum Gasteiger partial charge on any atom is -0.463 e. The van der Waals surface area contributed by atoms with Crippen molar-refractivity contribution >= 4 is 11.9 Å². The Labute approximate surface area is 131 Å². The van der Waals surface area contributed by atoms with Crippen LogP contribution in [0.3, 0.4) is 0 Å². The number of esters is 1. The van der Waals surface area contributed by atoms with E-state index in [1.165, 1.54) is 0 Å². The van der Waals surface area contributed by atoms with Crippen LogP contribution >= 0.6 is 0 Å². The van der Waals surface area contributed by atoms with Crippen molar-refractivity contribution in [3.8, 4) is 0 Å². The van der Waals surface area contributed by atoms with E-state index in [1.54, 1.807) is 13.0 Å². The van der Waals surface area contributed by atoms with Gasteiger partial charge in [0.05, 0.1) is 30.9 Å². The van der Waals surface area contributed by atoms with Gasteiger partial charge in [-0.3, -0.25) is 0 Å². The minimum atomic E-state index is -0.411. The Hall–Kier alpha value is -1.60. The fraction of sp³-hybridized carbons (Fsp3) is 0.733. The summed E-state index contributed by atoms with van der Waals surface area (Å²) in [5.74, 6) is -0.421. The van der Waals surface area contributed by atoms with E-state index in [2.05, 4.69) is 4.99 Å². The Balaban J connectivity index is 3.00. The van der Waals surface area contributed by atoms with Gasteiger partial charge in [0.1, 0.15) is 0 Å². The van der Waals surface area contributed by atoms with E-state index >= 15 is 0 Å². The quantitative estimate of drug-likeness (QED) is 0.355. The maximum absolute atomic E-state index is 12.0. The van der Waals surface area contributed by atoms with Gasteiger partial charge in [-0.05, 0) is 25.8 Å². The standard InChI is InChI=1S/C15H28N4O3/c1-4-10(5-2)22-12-8-9(14(20)21-6-3)7-11(13(12)16)19-15(17)18/h8,10-13H,4-7,16H2,1-3H3,(H4,17,18,19)/t11-,12+,13+/m0/s1. The minimum absolute atomic E-state index is 0.0492. The second-order valence-corrected chi connectivity index (χ2v) is 5.35. The molecule has 22 heavy (non-hydrogen) atoms. The van der Waals surface area contributed by atoms with Crippen LogP contribution in [0.4, 0.5) is 0 Å². The van der Waals surface area contributed by atoms with E-state index in [-0.39, 0.29) is 18.0 Å². The molecule has 0 fully saturated rings. The average Bonchev–Trinajstić information content (AvgIpc) is 2.47. The van der Waals surface area contributed by atoms with E-state index in [9.17, 15) is 4.79 Å². The van der Waals surface area contributed by atoms with Gasteiger partial charge in [0.2, 0.25) is 0 Å². The van der Waals surface area contributed by atoms with E-state index in [1.807, 2.05) is 13.8 Å². The van der Waals surface area contributed by atoms with Crippen LogP contribution in [0.5, 0.6) is 0 Å². The van der Waals surface area contributed by atoms with Crippen LogP contribution in [0.15, 0.2) is 16.6 Å². The summed E-state index contributed by atoms with van der Waals surface area (Å²) in [6.45, 7) is 6.17. The number of nitrogens with two attached hydrogens (primary N) is 3. The van der Waals surface area contributed by atoms with Crippen LogP contribution in [0.2, 0.25) is 0 Å². The van der Waals surface area contributed by atoms with Crippen LogP contribution in [0.25, 0.3) is 0 Å². The monoisotopic (exact) mass is 312 g/mol. The number of aliphatic imine (C=N–C) groups is 1. The highest BCUT2D eigenvalue weighted by molar-refractivity contribution is 5.89. The smallest absolute Gasteiger partial charge is 0.333 e. The number of carbonyl (C=O) groups excluding carboxylic acids is 1. The molecule has 3 atom stereocenters. The maximum Gasteiger partial charge on any atom is 0.333 e. The third kappa shape index (κ3) is 4.99. The van der Waals surface area contributed by atoms with E-state index < -0.39 is 18.2 Å². The molecule has 7 nitrogen and oxygen atoms in total. The van der Waals surface area contributed by atoms with Crippen molar-refractivity contribution in [2.24, 2.45) is 22.2 Å². The summed E-state index contributed by atoms with van der Waals surface area (Å²) in [5, 5.41) is 0. The van der Waals surface area contributed by atoms with Gasteiger partial charge in [-0.25, -0.2) is 9.79 Å². The predicted molar refractivity (Wildman–Crippen MR) is 86.1 cm³/mol. The van der Waals surface area contributed by atoms with Crippen LogP contribution in [-0.2, 0) is 14.3 Å². The molecule has 0 aliphatic heterocycles. The van der Waals surface area contributed by atoms with Gasteiger partial charge in [0, 0.05) is 12.0 Å². The normalized spacial score (nSPS) is 24.8. The van der Waals surface area contributed by atoms with Crippen molar-refractivity contribution < 1.29 is 14.3 Å². The number of guanidine groups is 1. The first-order valence-electron chi connectivity index (χ1n) is 7.80. The predicted octanol–water partition coefficient (Wildman–Crippen LogP) is 0.423. The third-order valence-corrected chi connectivity index (χ3v) is 3.73. The third-order valence-electron chi connectivity index (χ3n) is 3.73. The summed E-state index contributed by atoms with van der Waals surface area (Å²) in [5.41, 5.74) is 17.7. The molecular weight excluding hydrogens is 284 g/mol. The summed E-state index contributed by atoms with van der Waals surface area (Å²) in [6, 6.07) is -0.797. The molecule has 0 aromatic heterocycles. The van der Waals surface area contributed by atoms with Gasteiger partial charge >= 0.3 is 5.97 Å². The lowest BCUT2D eigenvalue weighted by molar-refractivity contribution is -0.139. The van der Waals surface area contributed by atoms with Gasteiger partial charge in [-0.2, -0.15) is 0 Å². The molecule has 7 heteroatoms. The number of carbonyl (C=O) groups is 1. The zero-order valence-corrected chi connectivity index (χ0v) is 13.6. The molecule has 0 saturated heterocycles. The van der Waals surface area contributed by atoms with Crippen LogP contribution in [0.1, 0.15) is 40.0 Å². The number of hydrogen-bond donors (Lipinski definition) is 3. The molecule has 0 amide bonds. The lowest BCUT2D eigenvalue weighted by Crippen LogP contribution is -2.50. The molecule has 0 radical (unpaired) electrons. The highest BCUT2D eigenvalue weighted by Gasteiger charge is 2.35. The highest BCUT2D eigenvalue weighted by atomic mass is 16.5. The van der Waals surface area contributed by atoms with Gasteiger partial charge in [0.25, 0.3) is 0 Å². The van der Waals surface area contributed by atoms with Crippen molar-refractivity contribution in [3.63, 3.8) is 0 Å². The second kappa shape index (κ2) is 8.75. The fourth-order valence-corrected chi connectivity index (χ4v) is 2.49. The number of hydrogen-bond acceptors (Lipinski definition) is 5. The van der Waals surface area contributed by atoms with Crippen LogP contribution in [0, 0.1) is 0 Å². The summed E-state index contributed by atoms with van der Waals surface area (Å²) >= 11 is 0. The van der Waals surface area contributed by atoms with Crippen molar-refractivity contribution in [1.82, 2.24) is 0 Å². The Morgan fingerprint density at radius 1 is 1.36 bits per heavy atom. The molecule has 1 rings (SSSR count). The number of ether oxygens (including phenoxy) is 2. The molecule has 1 aliphatic rings. The molecule has 0 aromatic rings. The van der Waals surface area contributed by atoms with Gasteiger partial charge in [-0.1, -0.05) is 13.8 Å². The molecule has 1 aliphatic carbocycles. The van der Waals surface area contributed by atoms with Gasteiger partial charge in [0.15, 0.2) is 5.96 Å². The second-order valence-electron chi connectivity index (χ2n) is 5.35. The van der Waals surface area contributed by atoms with Crippen molar-refractivity contribution in [2.45, 2.75) is 64.3 Å². The SMILES string of the molecule is CCOC(=O)C1=C[C@@H](OC(CC)CC)[C@H](N)[C@@H](N=C(N)N)C1. The Morgan fingerprint density at radius 3 is 2.50 bits per heavy atom. The zero-order valence-electron chi connectivity index (χ0n) is 13.6. The van der Waals surface area contributed by atoms with E-state index in [0.29, 0.717) is 18.6 Å². The highest BCUT2D eigenvalue weighted by Crippen LogP contribution is 2.25. The average molecular weight is 312 g/mol. The molecule has 126 valence electrons. The first-order chi connectivity index (χ1) is 10.4. The zero-order chi connectivity index (χ0) is 16.7. The fourth-order valence-electron chi connectivity index (χ4n) is 2.49. The van der Waals surface area contributed by atoms with Crippen molar-refractivity contribution in [2.75, 3.05) is 6.61 Å². The van der Waals surface area contributed by atoms with Gasteiger partial charge < -0.3 is 26.7 Å². The summed E-state index contributed by atoms with van der Waals surface area (Å²) < 4.78 is 11.1. The van der Waals surface area contributed by atoms with Gasteiger partial charge in [-0.15, -0.1) is 0 Å². The molecule has 0 saturated carbocycles. The van der Waals surface area contributed by atoms with E-state index in [0.717, 1.165) is 12.8 Å².